The number of benzene rings is 1. The van der Waals surface area contributed by atoms with Crippen molar-refractivity contribution in [2.45, 2.75) is 18.9 Å². The molecule has 1 amide bonds. The summed E-state index contributed by atoms with van der Waals surface area (Å²) < 4.78 is 0. The number of carboxylic acids is 2. The summed E-state index contributed by atoms with van der Waals surface area (Å²) in [6, 6.07) is 9.80. The van der Waals surface area contributed by atoms with E-state index in [2.05, 4.69) is 21.4 Å². The van der Waals surface area contributed by atoms with Crippen LogP contribution in [0.5, 0.6) is 0 Å². The second-order valence-electron chi connectivity index (χ2n) is 8.20. The van der Waals surface area contributed by atoms with Gasteiger partial charge in [-0.05, 0) is 24.3 Å². The summed E-state index contributed by atoms with van der Waals surface area (Å²) in [4.78, 5) is 46.2. The van der Waals surface area contributed by atoms with Crippen LogP contribution in [-0.4, -0.2) is 69.1 Å². The number of carbonyl (C=O) groups is 3. The molecule has 0 radical (unpaired) electrons. The van der Waals surface area contributed by atoms with Crippen molar-refractivity contribution in [2.75, 3.05) is 36.4 Å². The van der Waals surface area contributed by atoms with E-state index in [0.29, 0.717) is 54.3 Å². The second kappa shape index (κ2) is 10.2. The molecule has 0 bridgehead atoms. The molecule has 3 aromatic rings. The maximum Gasteiger partial charge on any atom is 0.325 e. The van der Waals surface area contributed by atoms with E-state index in [1.54, 1.807) is 42.7 Å². The molecule has 3 heterocycles. The molecule has 1 atom stereocenters. The molecule has 0 aliphatic carbocycles. The molecule has 2 aromatic heterocycles. The minimum absolute atomic E-state index is 0.134. The highest BCUT2D eigenvalue weighted by molar-refractivity contribution is 5.96. The quantitative estimate of drug-likeness (QED) is 0.382. The molecular formula is C24H24N6O5. The van der Waals surface area contributed by atoms with Crippen LogP contribution < -0.4 is 10.2 Å². The SMILES string of the molecule is N#Cc1cccnc1N1CCN([C@@H](C(=O)O)c2c[nH]c3cc(NC(=O)CCC(=O)O)ccc23)CC1. The number of fused-ring (bicyclic) bond motifs is 1. The zero-order chi connectivity index (χ0) is 24.9. The Balaban J connectivity index is 1.49. The molecule has 0 unspecified atom stereocenters. The molecule has 11 heteroatoms. The van der Waals surface area contributed by atoms with Gasteiger partial charge >= 0.3 is 11.9 Å². The summed E-state index contributed by atoms with van der Waals surface area (Å²) in [7, 11) is 0. The molecule has 4 rings (SSSR count). The van der Waals surface area contributed by atoms with Crippen molar-refractivity contribution < 1.29 is 24.6 Å². The van der Waals surface area contributed by atoms with E-state index in [-0.39, 0.29) is 12.8 Å². The lowest BCUT2D eigenvalue weighted by Crippen LogP contribution is -2.49. The van der Waals surface area contributed by atoms with Crippen molar-refractivity contribution in [3.63, 3.8) is 0 Å². The minimum Gasteiger partial charge on any atom is -0.481 e. The molecule has 1 aliphatic heterocycles. The Kier molecular flexibility index (Phi) is 6.93. The average Bonchev–Trinajstić information content (AvgIpc) is 3.26. The van der Waals surface area contributed by atoms with Gasteiger partial charge in [-0.25, -0.2) is 4.98 Å². The van der Waals surface area contributed by atoms with E-state index in [9.17, 15) is 24.8 Å². The average molecular weight is 476 g/mol. The smallest absolute Gasteiger partial charge is 0.325 e. The zero-order valence-electron chi connectivity index (χ0n) is 18.8. The van der Waals surface area contributed by atoms with Crippen molar-refractivity contribution >= 4 is 40.3 Å². The lowest BCUT2D eigenvalue weighted by molar-refractivity contribution is -0.143. The van der Waals surface area contributed by atoms with Crippen LogP contribution in [0.4, 0.5) is 11.5 Å². The first-order chi connectivity index (χ1) is 16.9. The van der Waals surface area contributed by atoms with E-state index < -0.39 is 23.9 Å². The molecule has 35 heavy (non-hydrogen) atoms. The molecule has 1 saturated heterocycles. The van der Waals surface area contributed by atoms with Gasteiger partial charge in [-0.2, -0.15) is 5.26 Å². The summed E-state index contributed by atoms with van der Waals surface area (Å²) in [6.45, 7) is 2.01. The Labute approximate surface area is 200 Å². The Morgan fingerprint density at radius 2 is 1.91 bits per heavy atom. The number of nitrogens with one attached hydrogen (secondary N) is 2. The van der Waals surface area contributed by atoms with Crippen molar-refractivity contribution in [1.82, 2.24) is 14.9 Å². The zero-order valence-corrected chi connectivity index (χ0v) is 18.8. The first-order valence-electron chi connectivity index (χ1n) is 11.1. The van der Waals surface area contributed by atoms with E-state index in [1.807, 2.05) is 9.80 Å². The van der Waals surface area contributed by atoms with Gasteiger partial charge in [0.2, 0.25) is 5.91 Å². The number of aromatic amines is 1. The second-order valence-corrected chi connectivity index (χ2v) is 8.20. The fourth-order valence-corrected chi connectivity index (χ4v) is 4.31. The fourth-order valence-electron chi connectivity index (χ4n) is 4.31. The number of carbonyl (C=O) groups excluding carboxylic acids is 1. The van der Waals surface area contributed by atoms with Crippen LogP contribution in [0.3, 0.4) is 0 Å². The molecule has 4 N–H and O–H groups in total. The number of pyridine rings is 1. The maximum absolute atomic E-state index is 12.3. The van der Waals surface area contributed by atoms with Gasteiger partial charge in [-0.1, -0.05) is 6.07 Å². The fraction of sp³-hybridized carbons (Fsp3) is 0.292. The van der Waals surface area contributed by atoms with Gasteiger partial charge in [-0.3, -0.25) is 19.3 Å². The number of nitrogens with zero attached hydrogens (tertiary/aromatic N) is 4. The number of hydrogen-bond acceptors (Lipinski definition) is 7. The molecule has 1 aliphatic rings. The minimum atomic E-state index is -1.05. The summed E-state index contributed by atoms with van der Waals surface area (Å²) in [5, 5.41) is 31.5. The number of H-pyrrole nitrogens is 1. The first-order valence-corrected chi connectivity index (χ1v) is 11.1. The monoisotopic (exact) mass is 476 g/mol. The molecule has 11 nitrogen and oxygen atoms in total. The number of aliphatic carboxylic acids is 2. The summed E-state index contributed by atoms with van der Waals surface area (Å²) >= 11 is 0. The van der Waals surface area contributed by atoms with E-state index in [0.717, 1.165) is 5.39 Å². The number of hydrogen-bond donors (Lipinski definition) is 4. The van der Waals surface area contributed by atoms with E-state index in [1.165, 1.54) is 0 Å². The Morgan fingerprint density at radius 3 is 2.60 bits per heavy atom. The molecule has 1 aromatic carbocycles. The highest BCUT2D eigenvalue weighted by Gasteiger charge is 2.32. The van der Waals surface area contributed by atoms with Gasteiger partial charge in [0.05, 0.1) is 12.0 Å². The van der Waals surface area contributed by atoms with Crippen LogP contribution in [0.1, 0.15) is 30.0 Å². The topological polar surface area (TPSA) is 163 Å². The molecular weight excluding hydrogens is 452 g/mol. The van der Waals surface area contributed by atoms with Gasteiger partial charge < -0.3 is 25.4 Å². The lowest BCUT2D eigenvalue weighted by atomic mass is 10.0. The highest BCUT2D eigenvalue weighted by Crippen LogP contribution is 2.31. The van der Waals surface area contributed by atoms with Crippen LogP contribution in [-0.2, 0) is 14.4 Å². The van der Waals surface area contributed by atoms with Crippen molar-refractivity contribution in [2.24, 2.45) is 0 Å². The predicted molar refractivity (Wildman–Crippen MR) is 127 cm³/mol. The van der Waals surface area contributed by atoms with Crippen molar-refractivity contribution in [3.05, 3.63) is 53.9 Å². The van der Waals surface area contributed by atoms with Crippen molar-refractivity contribution in [1.29, 1.82) is 5.26 Å². The van der Waals surface area contributed by atoms with Crippen LogP contribution in [0.25, 0.3) is 10.9 Å². The van der Waals surface area contributed by atoms with Gasteiger partial charge in [0.25, 0.3) is 0 Å². The van der Waals surface area contributed by atoms with Crippen molar-refractivity contribution in [3.8, 4) is 6.07 Å². The molecule has 1 fully saturated rings. The molecule has 180 valence electrons. The maximum atomic E-state index is 12.3. The normalized spacial score (nSPS) is 14.9. The van der Waals surface area contributed by atoms with Gasteiger partial charge in [-0.15, -0.1) is 0 Å². The number of amides is 1. The number of anilines is 2. The summed E-state index contributed by atoms with van der Waals surface area (Å²) in [5.41, 5.74) is 2.25. The summed E-state index contributed by atoms with van der Waals surface area (Å²) in [6.07, 6.45) is 2.91. The van der Waals surface area contributed by atoms with Gasteiger partial charge in [0, 0.05) is 67.1 Å². The van der Waals surface area contributed by atoms with Gasteiger partial charge in [0.1, 0.15) is 17.9 Å². The third-order valence-electron chi connectivity index (χ3n) is 5.98. The summed E-state index contributed by atoms with van der Waals surface area (Å²) in [5.74, 6) is -1.82. The largest absolute Gasteiger partial charge is 0.481 e. The Bertz CT molecular complexity index is 1310. The number of nitriles is 1. The van der Waals surface area contributed by atoms with Crippen LogP contribution in [0, 0.1) is 11.3 Å². The third kappa shape index (κ3) is 5.23. The predicted octanol–water partition coefficient (Wildman–Crippen LogP) is 2.19. The van der Waals surface area contributed by atoms with Crippen LogP contribution in [0.2, 0.25) is 0 Å². The number of aromatic nitrogens is 2. The van der Waals surface area contributed by atoms with Gasteiger partial charge in [0.15, 0.2) is 0 Å². The number of rotatable bonds is 8. The number of carboxylic acid groups (broad SMARTS) is 2. The third-order valence-corrected chi connectivity index (χ3v) is 5.98. The van der Waals surface area contributed by atoms with E-state index in [4.69, 9.17) is 5.11 Å². The first kappa shape index (κ1) is 23.7. The van der Waals surface area contributed by atoms with Crippen LogP contribution in [0.15, 0.2) is 42.7 Å². The van der Waals surface area contributed by atoms with Crippen LogP contribution >= 0.6 is 0 Å². The highest BCUT2D eigenvalue weighted by atomic mass is 16.4. The number of piperazine rings is 1. The van der Waals surface area contributed by atoms with E-state index >= 15 is 0 Å². The standard InChI is InChI=1S/C24H24N6O5/c25-13-15-2-1-7-26-23(15)30-10-8-29(9-11-30)22(24(34)35)18-14-27-19-12-16(3-4-17(18)19)28-20(31)5-6-21(32)33/h1-4,7,12,14,22,27H,5-6,8-11H2,(H,28,31)(H,32,33)(H,34,35)/t22-/m1/s1. The molecule has 0 spiro atoms. The Morgan fingerprint density at radius 1 is 1.14 bits per heavy atom. The molecule has 0 saturated carbocycles. The lowest BCUT2D eigenvalue weighted by Gasteiger charge is -2.38. The Hall–Kier alpha value is -4.43.